The molecule has 0 aromatic carbocycles. The Balaban J connectivity index is 2.25. The van der Waals surface area contributed by atoms with Gasteiger partial charge in [0.25, 0.3) is 0 Å². The third-order valence-electron chi connectivity index (χ3n) is 3.36. The molecule has 0 amide bonds. The van der Waals surface area contributed by atoms with Crippen LogP contribution < -0.4 is 5.32 Å². The van der Waals surface area contributed by atoms with Gasteiger partial charge in [-0.2, -0.15) is 0 Å². The lowest BCUT2D eigenvalue weighted by Crippen LogP contribution is -2.52. The zero-order chi connectivity index (χ0) is 12.5. The first-order chi connectivity index (χ1) is 8.25. The van der Waals surface area contributed by atoms with E-state index in [1.54, 1.807) is 0 Å². The fourth-order valence-electron chi connectivity index (χ4n) is 2.34. The number of rotatable bonds is 8. The summed E-state index contributed by atoms with van der Waals surface area (Å²) in [5.41, 5.74) is 0. The number of likely N-dealkylation sites (tertiary alicyclic amines) is 1. The first-order valence-electron chi connectivity index (χ1n) is 6.96. The number of nitrogens with zero attached hydrogens (tertiary/aromatic N) is 1. The Morgan fingerprint density at radius 1 is 1.24 bits per heavy atom. The molecule has 1 heterocycles. The van der Waals surface area contributed by atoms with Gasteiger partial charge in [0, 0.05) is 13.1 Å². The van der Waals surface area contributed by atoms with Crippen molar-refractivity contribution in [2.24, 2.45) is 0 Å². The lowest BCUT2D eigenvalue weighted by Gasteiger charge is -2.32. The molecular formula is C13H26N2O2. The Labute approximate surface area is 104 Å². The van der Waals surface area contributed by atoms with Gasteiger partial charge in [0.1, 0.15) is 0 Å². The molecule has 2 N–H and O–H groups in total. The van der Waals surface area contributed by atoms with Crippen molar-refractivity contribution in [3.63, 3.8) is 0 Å². The van der Waals surface area contributed by atoms with Crippen LogP contribution in [0.2, 0.25) is 0 Å². The van der Waals surface area contributed by atoms with E-state index in [-0.39, 0.29) is 0 Å². The Bertz CT molecular complexity index is 215. The van der Waals surface area contributed by atoms with Crippen LogP contribution in [0.15, 0.2) is 0 Å². The Morgan fingerprint density at radius 2 is 1.94 bits per heavy atom. The van der Waals surface area contributed by atoms with Gasteiger partial charge in [-0.25, -0.2) is 4.79 Å². The third kappa shape index (κ3) is 5.50. The second kappa shape index (κ2) is 8.48. The van der Waals surface area contributed by atoms with Gasteiger partial charge >= 0.3 is 5.97 Å². The topological polar surface area (TPSA) is 52.6 Å². The molecular weight excluding hydrogens is 216 g/mol. The van der Waals surface area contributed by atoms with Crippen molar-refractivity contribution in [2.45, 2.75) is 58.0 Å². The van der Waals surface area contributed by atoms with Crippen LogP contribution >= 0.6 is 0 Å². The number of hydrogen-bond acceptors (Lipinski definition) is 3. The van der Waals surface area contributed by atoms with Gasteiger partial charge in [0.05, 0.1) is 0 Å². The normalized spacial score (nSPS) is 19.1. The van der Waals surface area contributed by atoms with Gasteiger partial charge < -0.3 is 5.11 Å². The molecule has 1 rings (SSSR count). The van der Waals surface area contributed by atoms with Gasteiger partial charge in [-0.3, -0.25) is 10.2 Å². The second-order valence-electron chi connectivity index (χ2n) is 4.85. The van der Waals surface area contributed by atoms with Crippen LogP contribution in [-0.2, 0) is 4.79 Å². The van der Waals surface area contributed by atoms with Crippen molar-refractivity contribution in [1.29, 1.82) is 0 Å². The summed E-state index contributed by atoms with van der Waals surface area (Å²) in [5.74, 6) is -0.734. The lowest BCUT2D eigenvalue weighted by molar-refractivity contribution is -0.145. The lowest BCUT2D eigenvalue weighted by atomic mass is 10.1. The Morgan fingerprint density at radius 3 is 2.53 bits per heavy atom. The van der Waals surface area contributed by atoms with Gasteiger partial charge in [-0.05, 0) is 25.8 Å². The fraction of sp³-hybridized carbons (Fsp3) is 0.923. The predicted molar refractivity (Wildman–Crippen MR) is 69.0 cm³/mol. The van der Waals surface area contributed by atoms with E-state index in [4.69, 9.17) is 0 Å². The zero-order valence-electron chi connectivity index (χ0n) is 11.0. The van der Waals surface area contributed by atoms with Gasteiger partial charge in [-0.15, -0.1) is 0 Å². The van der Waals surface area contributed by atoms with E-state index in [0.717, 1.165) is 38.9 Å². The number of carboxylic acids is 1. The zero-order valence-corrected chi connectivity index (χ0v) is 11.0. The molecule has 4 nitrogen and oxygen atoms in total. The summed E-state index contributed by atoms with van der Waals surface area (Å²) in [5, 5.41) is 12.4. The highest BCUT2D eigenvalue weighted by molar-refractivity contribution is 5.72. The quantitative estimate of drug-likeness (QED) is 0.640. The van der Waals surface area contributed by atoms with E-state index < -0.39 is 12.1 Å². The van der Waals surface area contributed by atoms with Crippen LogP contribution in [-0.4, -0.2) is 41.8 Å². The highest BCUT2D eigenvalue weighted by Gasteiger charge is 2.25. The largest absolute Gasteiger partial charge is 0.479 e. The monoisotopic (exact) mass is 242 g/mol. The number of unbranched alkanes of at least 4 members (excludes halogenated alkanes) is 3. The number of carboxylic acid groups (broad SMARTS) is 1. The van der Waals surface area contributed by atoms with Crippen molar-refractivity contribution in [1.82, 2.24) is 10.2 Å². The summed E-state index contributed by atoms with van der Waals surface area (Å²) in [4.78, 5) is 13.3. The maximum absolute atomic E-state index is 11.2. The van der Waals surface area contributed by atoms with Crippen LogP contribution in [0.25, 0.3) is 0 Å². The first-order valence-corrected chi connectivity index (χ1v) is 6.96. The molecule has 0 radical (unpaired) electrons. The standard InChI is InChI=1S/C13H26N2O2/c1-2-3-4-6-9-14-12(13(16)17)15-10-7-5-8-11-15/h12,14H,2-11H2,1H3,(H,16,17). The molecule has 17 heavy (non-hydrogen) atoms. The molecule has 0 spiro atoms. The third-order valence-corrected chi connectivity index (χ3v) is 3.36. The number of hydrogen-bond donors (Lipinski definition) is 2. The van der Waals surface area contributed by atoms with E-state index in [9.17, 15) is 9.90 Å². The van der Waals surface area contributed by atoms with E-state index in [0.29, 0.717) is 0 Å². The van der Waals surface area contributed by atoms with Crippen molar-refractivity contribution < 1.29 is 9.90 Å². The fourth-order valence-corrected chi connectivity index (χ4v) is 2.34. The van der Waals surface area contributed by atoms with Gasteiger partial charge in [0.15, 0.2) is 6.17 Å². The summed E-state index contributed by atoms with van der Waals surface area (Å²) < 4.78 is 0. The number of carbonyl (C=O) groups is 1. The maximum atomic E-state index is 11.2. The molecule has 1 fully saturated rings. The summed E-state index contributed by atoms with van der Waals surface area (Å²) in [6.45, 7) is 4.83. The first kappa shape index (κ1) is 14.5. The average molecular weight is 242 g/mol. The molecule has 1 aliphatic rings. The molecule has 0 aromatic heterocycles. The summed E-state index contributed by atoms with van der Waals surface area (Å²) >= 11 is 0. The van der Waals surface area contributed by atoms with Crippen molar-refractivity contribution in [3.8, 4) is 0 Å². The smallest absolute Gasteiger partial charge is 0.335 e. The summed E-state index contributed by atoms with van der Waals surface area (Å²) in [7, 11) is 0. The second-order valence-corrected chi connectivity index (χ2v) is 4.85. The number of aliphatic carboxylic acids is 1. The molecule has 4 heteroatoms. The highest BCUT2D eigenvalue weighted by Crippen LogP contribution is 2.11. The van der Waals surface area contributed by atoms with E-state index in [1.165, 1.54) is 25.7 Å². The van der Waals surface area contributed by atoms with E-state index >= 15 is 0 Å². The summed E-state index contributed by atoms with van der Waals surface area (Å²) in [6, 6.07) is 0. The van der Waals surface area contributed by atoms with Crippen molar-refractivity contribution in [2.75, 3.05) is 19.6 Å². The maximum Gasteiger partial charge on any atom is 0.335 e. The van der Waals surface area contributed by atoms with Crippen LogP contribution in [0.5, 0.6) is 0 Å². The molecule has 1 atom stereocenters. The SMILES string of the molecule is CCCCCCNC(C(=O)O)N1CCCCC1. The number of piperidine rings is 1. The highest BCUT2D eigenvalue weighted by atomic mass is 16.4. The molecule has 0 aromatic rings. The molecule has 0 saturated carbocycles. The van der Waals surface area contributed by atoms with Crippen molar-refractivity contribution in [3.05, 3.63) is 0 Å². The summed E-state index contributed by atoms with van der Waals surface area (Å²) in [6.07, 6.45) is 7.73. The van der Waals surface area contributed by atoms with Crippen LogP contribution in [0.1, 0.15) is 51.9 Å². The molecule has 0 aliphatic carbocycles. The van der Waals surface area contributed by atoms with Crippen LogP contribution in [0.4, 0.5) is 0 Å². The average Bonchev–Trinajstić information content (AvgIpc) is 2.34. The molecule has 0 bridgehead atoms. The minimum absolute atomic E-state index is 0.475. The Hall–Kier alpha value is -0.610. The molecule has 100 valence electrons. The number of nitrogens with one attached hydrogen (secondary N) is 1. The molecule has 1 unspecified atom stereocenters. The van der Waals surface area contributed by atoms with Gasteiger partial charge in [0.2, 0.25) is 0 Å². The molecule has 1 saturated heterocycles. The minimum Gasteiger partial charge on any atom is -0.479 e. The minimum atomic E-state index is -0.734. The van der Waals surface area contributed by atoms with Gasteiger partial charge in [-0.1, -0.05) is 32.6 Å². The van der Waals surface area contributed by atoms with Crippen LogP contribution in [0, 0.1) is 0 Å². The predicted octanol–water partition coefficient (Wildman–Crippen LogP) is 2.05. The van der Waals surface area contributed by atoms with E-state index in [1.807, 2.05) is 0 Å². The van der Waals surface area contributed by atoms with E-state index in [2.05, 4.69) is 17.1 Å². The Kier molecular flexibility index (Phi) is 7.21. The van der Waals surface area contributed by atoms with Crippen LogP contribution in [0.3, 0.4) is 0 Å². The van der Waals surface area contributed by atoms with Crippen molar-refractivity contribution >= 4 is 5.97 Å². The molecule has 1 aliphatic heterocycles.